The highest BCUT2D eigenvalue weighted by atomic mass is 16.1. The topological polar surface area (TPSA) is 34.0 Å². The van der Waals surface area contributed by atoms with E-state index in [0.29, 0.717) is 12.2 Å². The van der Waals surface area contributed by atoms with E-state index in [4.69, 9.17) is 0 Å². The molecule has 2 aromatic rings. The number of carbonyl (C=O) groups excluding carboxylic acids is 1. The van der Waals surface area contributed by atoms with Gasteiger partial charge in [0.25, 0.3) is 5.91 Å². The van der Waals surface area contributed by atoms with Crippen LogP contribution in [0, 0.1) is 0 Å². The number of nitrogens with one attached hydrogen (secondary N) is 1. The lowest BCUT2D eigenvalue weighted by atomic mass is 10.2. The lowest BCUT2D eigenvalue weighted by Crippen LogP contribution is -2.24. The number of nitrogens with zero attached hydrogens (tertiary/aromatic N) is 1. The molecule has 0 radical (unpaired) electrons. The molecule has 0 saturated heterocycles. The first-order chi connectivity index (χ1) is 7.24. The van der Waals surface area contributed by atoms with E-state index in [0.717, 1.165) is 10.9 Å². The molecule has 2 rings (SSSR count). The Kier molecular flexibility index (Phi) is 2.46. The molecule has 0 saturated carbocycles. The zero-order valence-electron chi connectivity index (χ0n) is 8.95. The first-order valence-corrected chi connectivity index (χ1v) is 5.06. The lowest BCUT2D eigenvalue weighted by molar-refractivity contribution is 0.0948. The maximum Gasteiger partial charge on any atom is 0.267 e. The molecule has 0 unspecified atom stereocenters. The number of fused-ring (bicyclic) bond motifs is 1. The van der Waals surface area contributed by atoms with Crippen LogP contribution in [-0.2, 0) is 7.05 Å². The minimum absolute atomic E-state index is 0.0174. The van der Waals surface area contributed by atoms with Gasteiger partial charge in [-0.2, -0.15) is 0 Å². The molecule has 1 aromatic heterocycles. The monoisotopic (exact) mass is 202 g/mol. The van der Waals surface area contributed by atoms with Gasteiger partial charge in [0.1, 0.15) is 5.69 Å². The Morgan fingerprint density at radius 1 is 1.40 bits per heavy atom. The van der Waals surface area contributed by atoms with E-state index < -0.39 is 0 Å². The molecule has 0 aliphatic carbocycles. The largest absolute Gasteiger partial charge is 0.351 e. The summed E-state index contributed by atoms with van der Waals surface area (Å²) in [7, 11) is 1.91. The van der Waals surface area contributed by atoms with Gasteiger partial charge in [0, 0.05) is 24.5 Å². The molecule has 1 heterocycles. The van der Waals surface area contributed by atoms with E-state index in [1.165, 1.54) is 0 Å². The van der Waals surface area contributed by atoms with E-state index >= 15 is 0 Å². The van der Waals surface area contributed by atoms with Crippen molar-refractivity contribution in [1.82, 2.24) is 9.88 Å². The molecule has 1 amide bonds. The molecule has 0 bridgehead atoms. The summed E-state index contributed by atoms with van der Waals surface area (Å²) in [6.07, 6.45) is 0. The maximum atomic E-state index is 11.7. The van der Waals surface area contributed by atoms with Gasteiger partial charge < -0.3 is 9.88 Å². The molecule has 3 nitrogen and oxygen atoms in total. The number of hydrogen-bond donors (Lipinski definition) is 1. The molecular weight excluding hydrogens is 188 g/mol. The molecule has 1 N–H and O–H groups in total. The van der Waals surface area contributed by atoms with Gasteiger partial charge in [-0.25, -0.2) is 0 Å². The number of benzene rings is 1. The summed E-state index contributed by atoms with van der Waals surface area (Å²) < 4.78 is 1.92. The van der Waals surface area contributed by atoms with Gasteiger partial charge in [0.15, 0.2) is 0 Å². The first-order valence-electron chi connectivity index (χ1n) is 5.06. The van der Waals surface area contributed by atoms with Crippen LogP contribution in [0.1, 0.15) is 17.4 Å². The Morgan fingerprint density at radius 3 is 2.80 bits per heavy atom. The zero-order valence-corrected chi connectivity index (χ0v) is 8.95. The Bertz CT molecular complexity index is 499. The van der Waals surface area contributed by atoms with Crippen LogP contribution in [0.25, 0.3) is 10.9 Å². The molecular formula is C12H14N2O. The smallest absolute Gasteiger partial charge is 0.267 e. The van der Waals surface area contributed by atoms with Crippen molar-refractivity contribution in [1.29, 1.82) is 0 Å². The van der Waals surface area contributed by atoms with Crippen LogP contribution in [0.5, 0.6) is 0 Å². The van der Waals surface area contributed by atoms with Gasteiger partial charge in [-0.05, 0) is 19.1 Å². The summed E-state index contributed by atoms with van der Waals surface area (Å²) in [5, 5.41) is 3.90. The lowest BCUT2D eigenvalue weighted by Gasteiger charge is -2.03. The average Bonchev–Trinajstić information content (AvgIpc) is 2.57. The van der Waals surface area contributed by atoms with Crippen LogP contribution in [0.4, 0.5) is 0 Å². The van der Waals surface area contributed by atoms with Crippen molar-refractivity contribution in [2.24, 2.45) is 7.05 Å². The van der Waals surface area contributed by atoms with Crippen molar-refractivity contribution >= 4 is 16.8 Å². The number of aryl methyl sites for hydroxylation is 1. The Hall–Kier alpha value is -1.77. The van der Waals surface area contributed by atoms with Crippen molar-refractivity contribution in [2.45, 2.75) is 6.92 Å². The van der Waals surface area contributed by atoms with Crippen LogP contribution in [0.3, 0.4) is 0 Å². The summed E-state index contributed by atoms with van der Waals surface area (Å²) in [6.45, 7) is 2.57. The van der Waals surface area contributed by atoms with Crippen molar-refractivity contribution in [3.05, 3.63) is 36.0 Å². The summed E-state index contributed by atoms with van der Waals surface area (Å²) in [4.78, 5) is 11.7. The van der Waals surface area contributed by atoms with Gasteiger partial charge in [-0.15, -0.1) is 0 Å². The third kappa shape index (κ3) is 1.61. The van der Waals surface area contributed by atoms with Gasteiger partial charge in [-0.1, -0.05) is 18.2 Å². The standard InChI is InChI=1S/C12H14N2O/c1-3-13-12(15)11-8-9-6-4-5-7-10(9)14(11)2/h4-8H,3H2,1-2H3,(H,13,15). The fourth-order valence-corrected chi connectivity index (χ4v) is 1.76. The van der Waals surface area contributed by atoms with E-state index in [2.05, 4.69) is 5.32 Å². The first kappa shape index (κ1) is 9.77. The summed E-state index contributed by atoms with van der Waals surface area (Å²) in [5.41, 5.74) is 1.79. The number of hydrogen-bond acceptors (Lipinski definition) is 1. The van der Waals surface area contributed by atoms with Crippen LogP contribution in [0.2, 0.25) is 0 Å². The zero-order chi connectivity index (χ0) is 10.8. The van der Waals surface area contributed by atoms with Crippen molar-refractivity contribution in [3.63, 3.8) is 0 Å². The highest BCUT2D eigenvalue weighted by molar-refractivity contribution is 5.98. The van der Waals surface area contributed by atoms with E-state index in [-0.39, 0.29) is 5.91 Å². The number of para-hydroxylation sites is 1. The van der Waals surface area contributed by atoms with Crippen molar-refractivity contribution < 1.29 is 4.79 Å². The molecule has 1 aromatic carbocycles. The molecule has 0 fully saturated rings. The second kappa shape index (κ2) is 3.77. The summed E-state index contributed by atoms with van der Waals surface area (Å²) >= 11 is 0. The fraction of sp³-hybridized carbons (Fsp3) is 0.250. The van der Waals surface area contributed by atoms with Gasteiger partial charge >= 0.3 is 0 Å². The van der Waals surface area contributed by atoms with Crippen molar-refractivity contribution in [2.75, 3.05) is 6.54 Å². The SMILES string of the molecule is CCNC(=O)c1cc2ccccc2n1C. The van der Waals surface area contributed by atoms with Gasteiger partial charge in [0.2, 0.25) is 0 Å². The van der Waals surface area contributed by atoms with Gasteiger partial charge in [-0.3, -0.25) is 4.79 Å². The highest BCUT2D eigenvalue weighted by Gasteiger charge is 2.11. The summed E-state index contributed by atoms with van der Waals surface area (Å²) in [6, 6.07) is 9.89. The third-order valence-corrected chi connectivity index (χ3v) is 2.52. The predicted octanol–water partition coefficient (Wildman–Crippen LogP) is 1.93. The van der Waals surface area contributed by atoms with E-state index in [1.54, 1.807) is 0 Å². The van der Waals surface area contributed by atoms with Crippen LogP contribution in [-0.4, -0.2) is 17.0 Å². The maximum absolute atomic E-state index is 11.7. The Labute approximate surface area is 88.7 Å². The van der Waals surface area contributed by atoms with Crippen LogP contribution >= 0.6 is 0 Å². The average molecular weight is 202 g/mol. The molecule has 0 aliphatic heterocycles. The minimum atomic E-state index is -0.0174. The predicted molar refractivity (Wildman–Crippen MR) is 60.9 cm³/mol. The molecule has 78 valence electrons. The van der Waals surface area contributed by atoms with Crippen LogP contribution in [0.15, 0.2) is 30.3 Å². The molecule has 0 atom stereocenters. The molecule has 15 heavy (non-hydrogen) atoms. The van der Waals surface area contributed by atoms with E-state index in [1.807, 2.05) is 48.9 Å². The second-order valence-electron chi connectivity index (χ2n) is 3.51. The highest BCUT2D eigenvalue weighted by Crippen LogP contribution is 2.17. The molecule has 3 heteroatoms. The molecule has 0 aliphatic rings. The van der Waals surface area contributed by atoms with Crippen LogP contribution < -0.4 is 5.32 Å². The third-order valence-electron chi connectivity index (χ3n) is 2.52. The Morgan fingerprint density at radius 2 is 2.13 bits per heavy atom. The fourth-order valence-electron chi connectivity index (χ4n) is 1.76. The minimum Gasteiger partial charge on any atom is -0.351 e. The number of aromatic nitrogens is 1. The summed E-state index contributed by atoms with van der Waals surface area (Å²) in [5.74, 6) is -0.0174. The molecule has 0 spiro atoms. The normalized spacial score (nSPS) is 10.5. The second-order valence-corrected chi connectivity index (χ2v) is 3.51. The number of amides is 1. The Balaban J connectivity index is 2.53. The quantitative estimate of drug-likeness (QED) is 0.793. The van der Waals surface area contributed by atoms with Gasteiger partial charge in [0.05, 0.1) is 0 Å². The number of carbonyl (C=O) groups is 1. The van der Waals surface area contributed by atoms with Crippen molar-refractivity contribution in [3.8, 4) is 0 Å². The van der Waals surface area contributed by atoms with E-state index in [9.17, 15) is 4.79 Å². The number of rotatable bonds is 2.